The number of para-hydroxylation sites is 1. The summed E-state index contributed by atoms with van der Waals surface area (Å²) in [6.45, 7) is 10.2. The third kappa shape index (κ3) is 5.36. The van der Waals surface area contributed by atoms with Crippen LogP contribution in [0.5, 0.6) is 5.75 Å². The molecule has 0 amide bonds. The average molecular weight is 327 g/mol. The zero-order valence-corrected chi connectivity index (χ0v) is 15.2. The Morgan fingerprint density at radius 2 is 1.58 bits per heavy atom. The third-order valence-electron chi connectivity index (χ3n) is 4.34. The molecule has 130 valence electrons. The zero-order chi connectivity index (χ0) is 17.5. The summed E-state index contributed by atoms with van der Waals surface area (Å²) >= 11 is 0. The minimum Gasteiger partial charge on any atom is -0.491 e. The maximum absolute atomic E-state index is 10.4. The molecule has 0 aromatic heterocycles. The molecule has 1 N–H and O–H groups in total. The van der Waals surface area contributed by atoms with Crippen LogP contribution in [0.2, 0.25) is 0 Å². The molecule has 0 spiro atoms. The number of hydrogen-bond acceptors (Lipinski definition) is 3. The molecule has 0 aliphatic rings. The fourth-order valence-corrected chi connectivity index (χ4v) is 2.69. The molecule has 1 atom stereocenters. The number of nitrogens with zero attached hydrogens (tertiary/aromatic N) is 1. The number of ether oxygens (including phenoxy) is 1. The van der Waals surface area contributed by atoms with E-state index in [0.717, 1.165) is 17.9 Å². The largest absolute Gasteiger partial charge is 0.491 e. The standard InChI is InChI=1S/C21H29NO2/c1-16(2)22(13-19-11-7-5-9-17(19)3)14-20(23)15-24-21-12-8-6-10-18(21)4/h5-12,16,20,23H,13-15H2,1-4H3. The van der Waals surface area contributed by atoms with Crippen molar-refractivity contribution in [3.63, 3.8) is 0 Å². The molecular formula is C21H29NO2. The predicted octanol–water partition coefficient (Wildman–Crippen LogP) is 3.95. The lowest BCUT2D eigenvalue weighted by Crippen LogP contribution is -2.39. The number of aliphatic hydroxyl groups excluding tert-OH is 1. The van der Waals surface area contributed by atoms with E-state index in [1.54, 1.807) is 0 Å². The molecule has 2 rings (SSSR count). The Morgan fingerprint density at radius 3 is 2.21 bits per heavy atom. The monoisotopic (exact) mass is 327 g/mol. The van der Waals surface area contributed by atoms with Crippen LogP contribution in [0, 0.1) is 13.8 Å². The van der Waals surface area contributed by atoms with E-state index in [1.807, 2.05) is 31.2 Å². The molecule has 3 heteroatoms. The average Bonchev–Trinajstić information content (AvgIpc) is 2.55. The summed E-state index contributed by atoms with van der Waals surface area (Å²) in [6, 6.07) is 16.7. The van der Waals surface area contributed by atoms with Gasteiger partial charge in [0.15, 0.2) is 0 Å². The number of rotatable bonds is 8. The Hall–Kier alpha value is -1.84. The molecule has 0 heterocycles. The second-order valence-corrected chi connectivity index (χ2v) is 6.68. The van der Waals surface area contributed by atoms with E-state index in [0.29, 0.717) is 19.2 Å². The molecule has 2 aromatic rings. The first-order valence-corrected chi connectivity index (χ1v) is 8.62. The molecular weight excluding hydrogens is 298 g/mol. The summed E-state index contributed by atoms with van der Waals surface area (Å²) in [4.78, 5) is 2.29. The summed E-state index contributed by atoms with van der Waals surface area (Å²) in [6.07, 6.45) is -0.518. The zero-order valence-electron chi connectivity index (χ0n) is 15.2. The van der Waals surface area contributed by atoms with Gasteiger partial charge in [-0.1, -0.05) is 42.5 Å². The van der Waals surface area contributed by atoms with Crippen LogP contribution in [0.3, 0.4) is 0 Å². The highest BCUT2D eigenvalue weighted by molar-refractivity contribution is 5.31. The molecule has 2 aromatic carbocycles. The molecule has 24 heavy (non-hydrogen) atoms. The third-order valence-corrected chi connectivity index (χ3v) is 4.34. The van der Waals surface area contributed by atoms with Crippen LogP contribution in [0.4, 0.5) is 0 Å². The van der Waals surface area contributed by atoms with Crippen LogP contribution in [0.1, 0.15) is 30.5 Å². The maximum Gasteiger partial charge on any atom is 0.122 e. The van der Waals surface area contributed by atoms with Gasteiger partial charge in [-0.2, -0.15) is 0 Å². The molecule has 0 aliphatic heterocycles. The summed E-state index contributed by atoms with van der Waals surface area (Å²) in [5.74, 6) is 0.839. The number of benzene rings is 2. The first kappa shape index (κ1) is 18.5. The highest BCUT2D eigenvalue weighted by atomic mass is 16.5. The molecule has 0 saturated heterocycles. The van der Waals surface area contributed by atoms with E-state index in [2.05, 4.69) is 49.9 Å². The van der Waals surface area contributed by atoms with Gasteiger partial charge in [-0.25, -0.2) is 0 Å². The Kier molecular flexibility index (Phi) is 6.83. The van der Waals surface area contributed by atoms with Gasteiger partial charge in [-0.3, -0.25) is 4.90 Å². The molecule has 0 saturated carbocycles. The molecule has 3 nitrogen and oxygen atoms in total. The van der Waals surface area contributed by atoms with Gasteiger partial charge in [-0.15, -0.1) is 0 Å². The minimum atomic E-state index is -0.518. The van der Waals surface area contributed by atoms with Crippen molar-refractivity contribution in [3.8, 4) is 5.75 Å². The molecule has 0 fully saturated rings. The summed E-state index contributed by atoms with van der Waals surface area (Å²) in [5.41, 5.74) is 3.68. The molecule has 1 unspecified atom stereocenters. The van der Waals surface area contributed by atoms with E-state index in [1.165, 1.54) is 11.1 Å². The maximum atomic E-state index is 10.4. The van der Waals surface area contributed by atoms with E-state index < -0.39 is 6.10 Å². The van der Waals surface area contributed by atoms with Gasteiger partial charge in [0, 0.05) is 19.1 Å². The number of aryl methyl sites for hydroxylation is 2. The van der Waals surface area contributed by atoms with E-state index in [4.69, 9.17) is 4.74 Å². The van der Waals surface area contributed by atoms with Gasteiger partial charge in [0.25, 0.3) is 0 Å². The molecule has 0 aliphatic carbocycles. The van der Waals surface area contributed by atoms with Crippen LogP contribution in [0.25, 0.3) is 0 Å². The van der Waals surface area contributed by atoms with Gasteiger partial charge in [0.05, 0.1) is 0 Å². The van der Waals surface area contributed by atoms with Crippen LogP contribution in [-0.4, -0.2) is 35.3 Å². The lowest BCUT2D eigenvalue weighted by Gasteiger charge is -2.29. The second-order valence-electron chi connectivity index (χ2n) is 6.68. The Morgan fingerprint density at radius 1 is 0.958 bits per heavy atom. The fourth-order valence-electron chi connectivity index (χ4n) is 2.69. The van der Waals surface area contributed by atoms with Crippen LogP contribution in [0.15, 0.2) is 48.5 Å². The van der Waals surface area contributed by atoms with Gasteiger partial charge in [0.1, 0.15) is 18.5 Å². The Labute approximate surface area is 145 Å². The first-order valence-electron chi connectivity index (χ1n) is 8.62. The summed E-state index contributed by atoms with van der Waals surface area (Å²) in [7, 11) is 0. The molecule has 0 bridgehead atoms. The van der Waals surface area contributed by atoms with Gasteiger partial charge < -0.3 is 9.84 Å². The summed E-state index contributed by atoms with van der Waals surface area (Å²) in [5, 5.41) is 10.4. The second kappa shape index (κ2) is 8.86. The highest BCUT2D eigenvalue weighted by Gasteiger charge is 2.16. The van der Waals surface area contributed by atoms with Crippen molar-refractivity contribution in [2.75, 3.05) is 13.2 Å². The first-order chi connectivity index (χ1) is 11.5. The smallest absolute Gasteiger partial charge is 0.122 e. The topological polar surface area (TPSA) is 32.7 Å². The normalized spacial score (nSPS) is 12.6. The lowest BCUT2D eigenvalue weighted by atomic mass is 10.1. The fraction of sp³-hybridized carbons (Fsp3) is 0.429. The van der Waals surface area contributed by atoms with Crippen LogP contribution >= 0.6 is 0 Å². The SMILES string of the molecule is Cc1ccccc1CN(CC(O)COc1ccccc1C)C(C)C. The van der Waals surface area contributed by atoms with Crippen molar-refractivity contribution in [3.05, 3.63) is 65.2 Å². The van der Waals surface area contributed by atoms with Crippen LogP contribution in [-0.2, 0) is 6.54 Å². The van der Waals surface area contributed by atoms with Gasteiger partial charge in [-0.05, 0) is 50.5 Å². The van der Waals surface area contributed by atoms with Crippen molar-refractivity contribution in [2.24, 2.45) is 0 Å². The van der Waals surface area contributed by atoms with E-state index in [9.17, 15) is 5.11 Å². The Bertz CT molecular complexity index is 639. The van der Waals surface area contributed by atoms with Crippen molar-refractivity contribution in [1.29, 1.82) is 0 Å². The van der Waals surface area contributed by atoms with Crippen molar-refractivity contribution < 1.29 is 9.84 Å². The highest BCUT2D eigenvalue weighted by Crippen LogP contribution is 2.17. The van der Waals surface area contributed by atoms with Crippen molar-refractivity contribution in [2.45, 2.75) is 46.4 Å². The minimum absolute atomic E-state index is 0.307. The summed E-state index contributed by atoms with van der Waals surface area (Å²) < 4.78 is 5.78. The van der Waals surface area contributed by atoms with Crippen molar-refractivity contribution >= 4 is 0 Å². The quantitative estimate of drug-likeness (QED) is 0.797. The van der Waals surface area contributed by atoms with E-state index >= 15 is 0 Å². The van der Waals surface area contributed by atoms with Crippen LogP contribution < -0.4 is 4.74 Å². The van der Waals surface area contributed by atoms with E-state index in [-0.39, 0.29) is 0 Å². The number of aliphatic hydroxyl groups is 1. The van der Waals surface area contributed by atoms with Gasteiger partial charge in [0.2, 0.25) is 0 Å². The number of hydrogen-bond donors (Lipinski definition) is 1. The molecule has 0 radical (unpaired) electrons. The van der Waals surface area contributed by atoms with Crippen molar-refractivity contribution in [1.82, 2.24) is 4.90 Å². The Balaban J connectivity index is 1.92. The lowest BCUT2D eigenvalue weighted by molar-refractivity contribution is 0.0540. The van der Waals surface area contributed by atoms with Gasteiger partial charge >= 0.3 is 0 Å². The predicted molar refractivity (Wildman–Crippen MR) is 99.4 cm³/mol.